The third-order valence-corrected chi connectivity index (χ3v) is 12.3. The van der Waals surface area contributed by atoms with Gasteiger partial charge in [-0.05, 0) is 64.2 Å². The second-order valence-corrected chi connectivity index (χ2v) is 18.3. The number of carbonyl (C=O) groups is 1. The number of aliphatic hydroxyl groups is 2. The van der Waals surface area contributed by atoms with Crippen LogP contribution >= 0.6 is 0 Å². The van der Waals surface area contributed by atoms with E-state index in [4.69, 9.17) is 0 Å². The Morgan fingerprint density at radius 2 is 0.700 bits per heavy atom. The molecule has 4 heteroatoms. The molecule has 352 valence electrons. The maximum Gasteiger partial charge on any atom is 0.220 e. The molecule has 0 aromatic rings. The van der Waals surface area contributed by atoms with Crippen LogP contribution in [-0.4, -0.2) is 34.9 Å². The Hall–Kier alpha value is -1.65. The molecular weight excluding hydrogens is 735 g/mol. The highest BCUT2D eigenvalue weighted by molar-refractivity contribution is 5.76. The predicted molar refractivity (Wildman–Crippen MR) is 267 cm³/mol. The molecule has 0 fully saturated rings. The molecule has 0 aliphatic carbocycles. The molecule has 0 heterocycles. The Morgan fingerprint density at radius 1 is 0.400 bits per heavy atom. The van der Waals surface area contributed by atoms with Gasteiger partial charge in [0, 0.05) is 6.42 Å². The Balaban J connectivity index is 3.46. The summed E-state index contributed by atoms with van der Waals surface area (Å²) in [6, 6.07) is -0.637. The van der Waals surface area contributed by atoms with E-state index in [1.807, 2.05) is 6.08 Å². The first-order valence-electron chi connectivity index (χ1n) is 26.9. The molecule has 2 unspecified atom stereocenters. The summed E-state index contributed by atoms with van der Waals surface area (Å²) in [6.45, 7) is 4.30. The van der Waals surface area contributed by atoms with Crippen molar-refractivity contribution in [3.05, 3.63) is 48.6 Å². The van der Waals surface area contributed by atoms with Crippen LogP contribution in [0.15, 0.2) is 48.6 Å². The quantitative estimate of drug-likeness (QED) is 0.0422. The molecule has 0 aliphatic heterocycles. The fraction of sp³-hybridized carbons (Fsp3) is 0.839. The van der Waals surface area contributed by atoms with Gasteiger partial charge in [-0.25, -0.2) is 0 Å². The minimum atomic E-state index is -0.861. The van der Waals surface area contributed by atoms with Gasteiger partial charge < -0.3 is 15.5 Å². The summed E-state index contributed by atoms with van der Waals surface area (Å²) < 4.78 is 0. The minimum Gasteiger partial charge on any atom is -0.394 e. The summed E-state index contributed by atoms with van der Waals surface area (Å²) in [4.78, 5) is 12.4. The van der Waals surface area contributed by atoms with Crippen molar-refractivity contribution in [3.63, 3.8) is 0 Å². The Morgan fingerprint density at radius 3 is 1.07 bits per heavy atom. The number of carbonyl (C=O) groups excluding carboxylic acids is 1. The van der Waals surface area contributed by atoms with Crippen LogP contribution < -0.4 is 5.32 Å². The lowest BCUT2D eigenvalue weighted by Crippen LogP contribution is -2.45. The molecule has 0 saturated heterocycles. The first-order valence-corrected chi connectivity index (χ1v) is 26.9. The fourth-order valence-corrected chi connectivity index (χ4v) is 8.17. The van der Waals surface area contributed by atoms with Gasteiger partial charge in [-0.3, -0.25) is 4.79 Å². The van der Waals surface area contributed by atoms with E-state index >= 15 is 0 Å². The molecular formula is C56H105NO3. The van der Waals surface area contributed by atoms with Crippen molar-refractivity contribution in [2.75, 3.05) is 6.61 Å². The highest BCUT2D eigenvalue weighted by Gasteiger charge is 2.17. The van der Waals surface area contributed by atoms with Crippen LogP contribution in [0.2, 0.25) is 0 Å². The topological polar surface area (TPSA) is 69.6 Å². The van der Waals surface area contributed by atoms with Crippen LogP contribution in [-0.2, 0) is 4.79 Å². The third kappa shape index (κ3) is 47.4. The number of hydrogen-bond donors (Lipinski definition) is 3. The van der Waals surface area contributed by atoms with Crippen molar-refractivity contribution in [3.8, 4) is 0 Å². The van der Waals surface area contributed by atoms with Gasteiger partial charge in [-0.2, -0.15) is 0 Å². The van der Waals surface area contributed by atoms with Crippen LogP contribution in [0.5, 0.6) is 0 Å². The average molecular weight is 840 g/mol. The lowest BCUT2D eigenvalue weighted by molar-refractivity contribution is -0.123. The molecule has 0 saturated carbocycles. The summed E-state index contributed by atoms with van der Waals surface area (Å²) in [7, 11) is 0. The zero-order valence-corrected chi connectivity index (χ0v) is 40.5. The molecule has 0 aromatic carbocycles. The highest BCUT2D eigenvalue weighted by Crippen LogP contribution is 2.16. The largest absolute Gasteiger partial charge is 0.394 e. The lowest BCUT2D eigenvalue weighted by atomic mass is 10.0. The molecule has 2 atom stereocenters. The zero-order valence-electron chi connectivity index (χ0n) is 40.5. The summed E-state index contributed by atoms with van der Waals surface area (Å²) in [6.07, 6.45) is 71.3. The maximum absolute atomic E-state index is 12.4. The van der Waals surface area contributed by atoms with Gasteiger partial charge >= 0.3 is 0 Å². The van der Waals surface area contributed by atoms with E-state index in [0.717, 1.165) is 38.5 Å². The van der Waals surface area contributed by atoms with Crippen molar-refractivity contribution in [2.45, 2.75) is 296 Å². The van der Waals surface area contributed by atoms with Gasteiger partial charge in [-0.1, -0.05) is 262 Å². The van der Waals surface area contributed by atoms with Gasteiger partial charge in [0.1, 0.15) is 0 Å². The van der Waals surface area contributed by atoms with Crippen molar-refractivity contribution in [1.29, 1.82) is 0 Å². The molecule has 0 aliphatic rings. The summed E-state index contributed by atoms with van der Waals surface area (Å²) in [5.74, 6) is -0.0707. The molecule has 0 bridgehead atoms. The average Bonchev–Trinajstić information content (AvgIpc) is 3.25. The number of unbranched alkanes of at least 4 members (excludes halogenated alkanes) is 36. The van der Waals surface area contributed by atoms with E-state index in [9.17, 15) is 15.0 Å². The SMILES string of the molecule is CCCCCCC/C=C\C/C=C\CCCCCCCCCCCCCCCCCCCCCCCC(=O)NC(CO)C(O)/C=C/CC/C=C/CCCCCCCCCCC. The van der Waals surface area contributed by atoms with E-state index in [-0.39, 0.29) is 12.5 Å². The predicted octanol–water partition coefficient (Wildman–Crippen LogP) is 17.5. The zero-order chi connectivity index (χ0) is 43.5. The number of aliphatic hydroxyl groups excluding tert-OH is 2. The number of rotatable bonds is 49. The first kappa shape index (κ1) is 58.4. The van der Waals surface area contributed by atoms with Gasteiger partial charge in [-0.15, -0.1) is 0 Å². The van der Waals surface area contributed by atoms with Crippen LogP contribution in [0.1, 0.15) is 284 Å². The van der Waals surface area contributed by atoms with Crippen molar-refractivity contribution in [1.82, 2.24) is 5.32 Å². The molecule has 60 heavy (non-hydrogen) atoms. The van der Waals surface area contributed by atoms with Crippen LogP contribution in [0.4, 0.5) is 0 Å². The summed E-state index contributed by atoms with van der Waals surface area (Å²) in [5, 5.41) is 23.1. The van der Waals surface area contributed by atoms with Gasteiger partial charge in [0.15, 0.2) is 0 Å². The van der Waals surface area contributed by atoms with Crippen LogP contribution in [0.3, 0.4) is 0 Å². The Bertz CT molecular complexity index is 954. The van der Waals surface area contributed by atoms with E-state index in [1.165, 1.54) is 225 Å². The standard InChI is InChI=1S/C56H105NO3/c1-3-5-7-9-11-13-15-17-19-20-21-22-23-24-25-26-27-28-29-30-31-32-33-34-35-36-38-40-42-44-46-48-50-52-56(60)57-54(53-58)55(59)51-49-47-45-43-41-39-37-18-16-14-12-10-8-6-4-2/h15,17,20-21,41,43,49,51,54-55,58-59H,3-14,16,18-19,22-40,42,44-48,50,52-53H2,1-2H3,(H,57,60)/b17-15-,21-20-,43-41+,51-49+. The van der Waals surface area contributed by atoms with Gasteiger partial charge in [0.05, 0.1) is 18.8 Å². The van der Waals surface area contributed by atoms with E-state index in [2.05, 4.69) is 55.6 Å². The normalized spacial score (nSPS) is 13.2. The van der Waals surface area contributed by atoms with Crippen molar-refractivity contribution in [2.24, 2.45) is 0 Å². The van der Waals surface area contributed by atoms with Crippen LogP contribution in [0, 0.1) is 0 Å². The summed E-state index contributed by atoms with van der Waals surface area (Å²) in [5.41, 5.74) is 0. The second kappa shape index (κ2) is 51.7. The summed E-state index contributed by atoms with van der Waals surface area (Å²) >= 11 is 0. The number of allylic oxidation sites excluding steroid dienone is 7. The number of hydrogen-bond acceptors (Lipinski definition) is 3. The molecule has 1 amide bonds. The maximum atomic E-state index is 12.4. The molecule has 3 N–H and O–H groups in total. The Labute approximate surface area is 375 Å². The van der Waals surface area contributed by atoms with E-state index < -0.39 is 12.1 Å². The lowest BCUT2D eigenvalue weighted by Gasteiger charge is -2.19. The molecule has 4 nitrogen and oxygen atoms in total. The smallest absolute Gasteiger partial charge is 0.220 e. The van der Waals surface area contributed by atoms with Gasteiger partial charge in [0.2, 0.25) is 5.91 Å². The van der Waals surface area contributed by atoms with E-state index in [0.29, 0.717) is 6.42 Å². The molecule has 0 radical (unpaired) electrons. The second-order valence-electron chi connectivity index (χ2n) is 18.3. The molecule has 0 rings (SSSR count). The highest BCUT2D eigenvalue weighted by atomic mass is 16.3. The Kier molecular flexibility index (Phi) is 50.3. The minimum absolute atomic E-state index is 0.0707. The van der Waals surface area contributed by atoms with Crippen molar-refractivity contribution >= 4 is 5.91 Å². The van der Waals surface area contributed by atoms with Gasteiger partial charge in [0.25, 0.3) is 0 Å². The molecule has 0 spiro atoms. The number of amides is 1. The fourth-order valence-electron chi connectivity index (χ4n) is 8.17. The molecule has 0 aromatic heterocycles. The monoisotopic (exact) mass is 840 g/mol. The third-order valence-electron chi connectivity index (χ3n) is 12.3. The van der Waals surface area contributed by atoms with Crippen molar-refractivity contribution < 1.29 is 15.0 Å². The first-order chi connectivity index (χ1) is 29.7. The van der Waals surface area contributed by atoms with E-state index in [1.54, 1.807) is 6.08 Å². The number of nitrogens with one attached hydrogen (secondary N) is 1. The van der Waals surface area contributed by atoms with Crippen LogP contribution in [0.25, 0.3) is 0 Å².